The Balaban J connectivity index is 1.53. The normalized spacial score (nSPS) is 10.3. The number of carboxylic acids is 1. The molecule has 0 unspecified atom stereocenters. The van der Waals surface area contributed by atoms with Gasteiger partial charge in [0.15, 0.2) is 5.69 Å². The molecule has 2 aromatic carbocycles. The lowest BCUT2D eigenvalue weighted by Gasteiger charge is -2.10. The predicted octanol–water partition coefficient (Wildman–Crippen LogP) is 4.86. The SMILES string of the molecule is Cc1cc(NC(=O)NCc2ccc(Oc3ccnc(C(=O)O)c3)cc2)ccc1Cl. The molecule has 148 valence electrons. The van der Waals surface area contributed by atoms with Crippen LogP contribution in [0.5, 0.6) is 11.5 Å². The number of anilines is 1. The number of aromatic nitrogens is 1. The van der Waals surface area contributed by atoms with E-state index in [0.29, 0.717) is 28.8 Å². The summed E-state index contributed by atoms with van der Waals surface area (Å²) >= 11 is 5.98. The molecular formula is C21H18ClN3O4. The molecule has 0 aliphatic carbocycles. The molecule has 0 atom stereocenters. The zero-order valence-electron chi connectivity index (χ0n) is 15.5. The molecule has 0 radical (unpaired) electrons. The molecule has 1 heterocycles. The fourth-order valence-electron chi connectivity index (χ4n) is 2.48. The van der Waals surface area contributed by atoms with Crippen molar-refractivity contribution in [1.29, 1.82) is 0 Å². The molecule has 3 N–H and O–H groups in total. The Morgan fingerprint density at radius 1 is 1.07 bits per heavy atom. The Morgan fingerprint density at radius 3 is 2.52 bits per heavy atom. The molecule has 2 amide bonds. The summed E-state index contributed by atoms with van der Waals surface area (Å²) in [5, 5.41) is 15.1. The van der Waals surface area contributed by atoms with Crippen molar-refractivity contribution < 1.29 is 19.4 Å². The van der Waals surface area contributed by atoms with Crippen LogP contribution in [-0.2, 0) is 6.54 Å². The Morgan fingerprint density at radius 2 is 1.83 bits per heavy atom. The fraction of sp³-hybridized carbons (Fsp3) is 0.0952. The average Bonchev–Trinajstić information content (AvgIpc) is 2.70. The second-order valence-corrected chi connectivity index (χ2v) is 6.61. The van der Waals surface area contributed by atoms with Crippen molar-refractivity contribution in [2.45, 2.75) is 13.5 Å². The van der Waals surface area contributed by atoms with Gasteiger partial charge in [0.1, 0.15) is 11.5 Å². The van der Waals surface area contributed by atoms with Crippen molar-refractivity contribution >= 4 is 29.3 Å². The average molecular weight is 412 g/mol. The van der Waals surface area contributed by atoms with E-state index in [4.69, 9.17) is 21.4 Å². The van der Waals surface area contributed by atoms with Gasteiger partial charge >= 0.3 is 12.0 Å². The van der Waals surface area contributed by atoms with Crippen LogP contribution in [0.4, 0.5) is 10.5 Å². The Bertz CT molecular complexity index is 1040. The highest BCUT2D eigenvalue weighted by Crippen LogP contribution is 2.22. The van der Waals surface area contributed by atoms with E-state index in [1.807, 2.05) is 6.92 Å². The number of amides is 2. The van der Waals surface area contributed by atoms with Gasteiger partial charge in [0, 0.05) is 29.5 Å². The Labute approximate surface area is 172 Å². The highest BCUT2D eigenvalue weighted by Gasteiger charge is 2.07. The van der Waals surface area contributed by atoms with Crippen LogP contribution < -0.4 is 15.4 Å². The number of urea groups is 1. The number of rotatable bonds is 6. The lowest BCUT2D eigenvalue weighted by Crippen LogP contribution is -2.28. The first-order chi connectivity index (χ1) is 13.9. The smallest absolute Gasteiger partial charge is 0.354 e. The highest BCUT2D eigenvalue weighted by molar-refractivity contribution is 6.31. The largest absolute Gasteiger partial charge is 0.477 e. The van der Waals surface area contributed by atoms with Gasteiger partial charge in [-0.25, -0.2) is 14.6 Å². The molecule has 0 aliphatic heterocycles. The number of halogens is 1. The molecular weight excluding hydrogens is 394 g/mol. The number of aryl methyl sites for hydroxylation is 1. The van der Waals surface area contributed by atoms with E-state index in [1.165, 1.54) is 12.3 Å². The number of carbonyl (C=O) groups excluding carboxylic acids is 1. The summed E-state index contributed by atoms with van der Waals surface area (Å²) in [5.74, 6) is -0.206. The maximum Gasteiger partial charge on any atom is 0.354 e. The number of ether oxygens (including phenoxy) is 1. The van der Waals surface area contributed by atoms with Crippen LogP contribution in [0.15, 0.2) is 60.8 Å². The summed E-state index contributed by atoms with van der Waals surface area (Å²) in [6, 6.07) is 14.9. The number of carboxylic acid groups (broad SMARTS) is 1. The Hall–Kier alpha value is -3.58. The van der Waals surface area contributed by atoms with Crippen LogP contribution >= 0.6 is 11.6 Å². The molecule has 7 nitrogen and oxygen atoms in total. The lowest BCUT2D eigenvalue weighted by molar-refractivity contribution is 0.0690. The summed E-state index contributed by atoms with van der Waals surface area (Å²) in [7, 11) is 0. The van der Waals surface area contributed by atoms with Crippen LogP contribution in [0.1, 0.15) is 21.6 Å². The summed E-state index contributed by atoms with van der Waals surface area (Å²) in [6.07, 6.45) is 1.37. The lowest BCUT2D eigenvalue weighted by atomic mass is 10.2. The minimum atomic E-state index is -1.12. The van der Waals surface area contributed by atoms with Crippen molar-refractivity contribution in [3.05, 3.63) is 82.6 Å². The number of benzene rings is 2. The maximum absolute atomic E-state index is 12.0. The molecule has 0 saturated heterocycles. The van der Waals surface area contributed by atoms with Gasteiger partial charge in [-0.1, -0.05) is 23.7 Å². The zero-order chi connectivity index (χ0) is 20.8. The van der Waals surface area contributed by atoms with Gasteiger partial charge in [-0.05, 0) is 54.4 Å². The first-order valence-electron chi connectivity index (χ1n) is 8.68. The molecule has 3 aromatic rings. The van der Waals surface area contributed by atoms with E-state index in [2.05, 4.69) is 15.6 Å². The van der Waals surface area contributed by atoms with E-state index in [0.717, 1.165) is 11.1 Å². The minimum Gasteiger partial charge on any atom is -0.477 e. The van der Waals surface area contributed by atoms with Gasteiger partial charge in [-0.2, -0.15) is 0 Å². The molecule has 29 heavy (non-hydrogen) atoms. The second-order valence-electron chi connectivity index (χ2n) is 6.20. The first kappa shape index (κ1) is 20.2. The van der Waals surface area contributed by atoms with Crippen molar-refractivity contribution in [2.24, 2.45) is 0 Å². The van der Waals surface area contributed by atoms with E-state index in [1.54, 1.807) is 48.5 Å². The number of nitrogens with one attached hydrogen (secondary N) is 2. The molecule has 0 bridgehead atoms. The molecule has 1 aromatic heterocycles. The van der Waals surface area contributed by atoms with E-state index >= 15 is 0 Å². The van der Waals surface area contributed by atoms with E-state index in [9.17, 15) is 9.59 Å². The predicted molar refractivity (Wildman–Crippen MR) is 110 cm³/mol. The molecule has 0 aliphatic rings. The van der Waals surface area contributed by atoms with Gasteiger partial charge < -0.3 is 20.5 Å². The van der Waals surface area contributed by atoms with Crippen molar-refractivity contribution in [3.8, 4) is 11.5 Å². The number of hydrogen-bond donors (Lipinski definition) is 3. The highest BCUT2D eigenvalue weighted by atomic mass is 35.5. The summed E-state index contributed by atoms with van der Waals surface area (Å²) in [4.78, 5) is 26.7. The third kappa shape index (κ3) is 5.70. The number of hydrogen-bond acceptors (Lipinski definition) is 4. The standard InChI is InChI=1S/C21H18ClN3O4/c1-13-10-15(4-7-18(13)22)25-21(28)24-12-14-2-5-16(6-3-14)29-17-8-9-23-19(11-17)20(26)27/h2-11H,12H2,1H3,(H,26,27)(H2,24,25,28). The van der Waals surface area contributed by atoms with Crippen LogP contribution in [0.2, 0.25) is 5.02 Å². The minimum absolute atomic E-state index is 0.0924. The number of nitrogens with zero attached hydrogens (tertiary/aromatic N) is 1. The molecule has 0 saturated carbocycles. The quantitative estimate of drug-likeness (QED) is 0.538. The van der Waals surface area contributed by atoms with Gasteiger partial charge in [0.2, 0.25) is 0 Å². The van der Waals surface area contributed by atoms with Gasteiger partial charge in [0.05, 0.1) is 0 Å². The third-order valence-electron chi connectivity index (χ3n) is 3.98. The molecule has 8 heteroatoms. The second kappa shape index (κ2) is 9.07. The monoisotopic (exact) mass is 411 g/mol. The summed E-state index contributed by atoms with van der Waals surface area (Å²) in [6.45, 7) is 2.20. The summed E-state index contributed by atoms with van der Waals surface area (Å²) < 4.78 is 5.64. The molecule has 0 spiro atoms. The van der Waals surface area contributed by atoms with E-state index in [-0.39, 0.29) is 11.7 Å². The van der Waals surface area contributed by atoms with Crippen LogP contribution in [0, 0.1) is 6.92 Å². The van der Waals surface area contributed by atoms with Crippen LogP contribution in [0.3, 0.4) is 0 Å². The van der Waals surface area contributed by atoms with Crippen LogP contribution in [-0.4, -0.2) is 22.1 Å². The zero-order valence-corrected chi connectivity index (χ0v) is 16.2. The van der Waals surface area contributed by atoms with Gasteiger partial charge in [-0.15, -0.1) is 0 Å². The van der Waals surface area contributed by atoms with E-state index < -0.39 is 5.97 Å². The summed E-state index contributed by atoms with van der Waals surface area (Å²) in [5.41, 5.74) is 2.32. The number of carbonyl (C=O) groups is 2. The third-order valence-corrected chi connectivity index (χ3v) is 4.40. The first-order valence-corrected chi connectivity index (χ1v) is 9.05. The fourth-order valence-corrected chi connectivity index (χ4v) is 2.60. The van der Waals surface area contributed by atoms with Gasteiger partial charge in [0.25, 0.3) is 0 Å². The van der Waals surface area contributed by atoms with Crippen molar-refractivity contribution in [1.82, 2.24) is 10.3 Å². The maximum atomic E-state index is 12.0. The molecule has 0 fully saturated rings. The van der Waals surface area contributed by atoms with Crippen molar-refractivity contribution in [3.63, 3.8) is 0 Å². The number of pyridine rings is 1. The molecule has 3 rings (SSSR count). The van der Waals surface area contributed by atoms with Crippen molar-refractivity contribution in [2.75, 3.05) is 5.32 Å². The Kier molecular flexibility index (Phi) is 6.31. The number of aromatic carboxylic acids is 1. The van der Waals surface area contributed by atoms with Gasteiger partial charge in [-0.3, -0.25) is 0 Å². The topological polar surface area (TPSA) is 101 Å². The van der Waals surface area contributed by atoms with Crippen LogP contribution in [0.25, 0.3) is 0 Å².